The molecule has 0 aromatic heterocycles. The predicted molar refractivity (Wildman–Crippen MR) is 79.0 cm³/mol. The molecule has 0 saturated heterocycles. The molecule has 92 valence electrons. The van der Waals surface area contributed by atoms with Gasteiger partial charge in [-0.25, -0.2) is 4.99 Å². The van der Waals surface area contributed by atoms with E-state index in [1.807, 2.05) is 42.7 Å². The fraction of sp³-hybridized carbons (Fsp3) is 0.143. The van der Waals surface area contributed by atoms with Gasteiger partial charge in [0.05, 0.1) is 4.91 Å². The second-order valence-corrected chi connectivity index (χ2v) is 4.38. The number of rotatable bonds is 4. The molecule has 1 aliphatic rings. The van der Waals surface area contributed by atoms with Gasteiger partial charge in [0.15, 0.2) is 6.61 Å². The Kier molecular flexibility index (Phi) is 4.78. The summed E-state index contributed by atoms with van der Waals surface area (Å²) in [4.78, 5) is 10.2. The van der Waals surface area contributed by atoms with Crippen molar-refractivity contribution in [1.29, 1.82) is 0 Å². The van der Waals surface area contributed by atoms with E-state index in [2.05, 4.69) is 22.3 Å². The topological polar surface area (TPSA) is 34.0 Å². The third-order valence-corrected chi connectivity index (χ3v) is 3.05. The van der Waals surface area contributed by atoms with Crippen molar-refractivity contribution in [2.75, 3.05) is 12.9 Å². The van der Waals surface area contributed by atoms with E-state index in [1.54, 1.807) is 18.0 Å². The van der Waals surface area contributed by atoms with Crippen LogP contribution in [-0.2, 0) is 4.84 Å². The number of hydrogen-bond acceptors (Lipinski definition) is 4. The predicted octanol–water partition coefficient (Wildman–Crippen LogP) is 3.36. The van der Waals surface area contributed by atoms with Gasteiger partial charge in [0.25, 0.3) is 0 Å². The molecule has 0 amide bonds. The van der Waals surface area contributed by atoms with Gasteiger partial charge in [0, 0.05) is 6.21 Å². The quantitative estimate of drug-likeness (QED) is 0.776. The minimum Gasteiger partial charge on any atom is -0.388 e. The van der Waals surface area contributed by atoms with Gasteiger partial charge in [0.2, 0.25) is 5.84 Å². The molecule has 1 heterocycles. The smallest absolute Gasteiger partial charge is 0.204 e. The first-order valence-electron chi connectivity index (χ1n) is 5.60. The highest BCUT2D eigenvalue weighted by atomic mass is 32.2. The van der Waals surface area contributed by atoms with Crippen molar-refractivity contribution < 1.29 is 4.84 Å². The molecule has 18 heavy (non-hydrogen) atoms. The standard InChI is InChI=1S/C14H14N2OS/c1-18-13(14-15-10-11-17-16-14)9-5-8-12-6-3-2-4-7-12/h2-10H,11H2,1H3/b8-5+,13-9-. The molecule has 4 heteroatoms. The van der Waals surface area contributed by atoms with Crippen molar-refractivity contribution in [2.24, 2.45) is 10.1 Å². The van der Waals surface area contributed by atoms with Gasteiger partial charge >= 0.3 is 0 Å². The summed E-state index contributed by atoms with van der Waals surface area (Å²) in [5, 5.41) is 3.92. The number of oxime groups is 1. The van der Waals surface area contributed by atoms with E-state index in [0.29, 0.717) is 12.4 Å². The van der Waals surface area contributed by atoms with Crippen LogP contribution in [0, 0.1) is 0 Å². The summed E-state index contributed by atoms with van der Waals surface area (Å²) in [5.74, 6) is 0.631. The number of aliphatic imine (C=N–C) groups is 1. The van der Waals surface area contributed by atoms with E-state index in [1.165, 1.54) is 5.56 Å². The lowest BCUT2D eigenvalue weighted by molar-refractivity contribution is 0.184. The first-order chi connectivity index (χ1) is 8.90. The van der Waals surface area contributed by atoms with Crippen LogP contribution in [0.4, 0.5) is 0 Å². The Morgan fingerprint density at radius 2 is 2.17 bits per heavy atom. The van der Waals surface area contributed by atoms with E-state index in [-0.39, 0.29) is 0 Å². The summed E-state index contributed by atoms with van der Waals surface area (Å²) in [6.45, 7) is 0.449. The Morgan fingerprint density at radius 3 is 2.83 bits per heavy atom. The largest absolute Gasteiger partial charge is 0.388 e. The monoisotopic (exact) mass is 258 g/mol. The van der Waals surface area contributed by atoms with Gasteiger partial charge in [-0.3, -0.25) is 0 Å². The molecule has 0 fully saturated rings. The average molecular weight is 258 g/mol. The Balaban J connectivity index is 2.09. The molecule has 3 nitrogen and oxygen atoms in total. The Hall–Kier alpha value is -1.81. The van der Waals surface area contributed by atoms with Crippen LogP contribution in [0.3, 0.4) is 0 Å². The van der Waals surface area contributed by atoms with Gasteiger partial charge in [-0.2, -0.15) is 0 Å². The van der Waals surface area contributed by atoms with Crippen molar-refractivity contribution in [2.45, 2.75) is 0 Å². The fourth-order valence-electron chi connectivity index (χ4n) is 1.43. The molecule has 0 bridgehead atoms. The molecule has 0 radical (unpaired) electrons. The molecule has 0 saturated carbocycles. The summed E-state index contributed by atoms with van der Waals surface area (Å²) >= 11 is 1.60. The molecule has 0 aliphatic carbocycles. The van der Waals surface area contributed by atoms with Crippen LogP contribution >= 0.6 is 11.8 Å². The van der Waals surface area contributed by atoms with Gasteiger partial charge in [0.1, 0.15) is 0 Å². The Bertz CT molecular complexity index is 504. The van der Waals surface area contributed by atoms with E-state index in [0.717, 1.165) is 4.91 Å². The second-order valence-electron chi connectivity index (χ2n) is 3.53. The third-order valence-electron chi connectivity index (χ3n) is 2.29. The summed E-state index contributed by atoms with van der Waals surface area (Å²) in [5.41, 5.74) is 1.17. The zero-order valence-corrected chi connectivity index (χ0v) is 10.9. The van der Waals surface area contributed by atoms with Crippen LogP contribution < -0.4 is 0 Å². The molecule has 0 unspecified atom stereocenters. The van der Waals surface area contributed by atoms with Crippen molar-refractivity contribution in [3.63, 3.8) is 0 Å². The van der Waals surface area contributed by atoms with E-state index < -0.39 is 0 Å². The van der Waals surface area contributed by atoms with Crippen molar-refractivity contribution >= 4 is 29.9 Å². The maximum absolute atomic E-state index is 4.99. The first kappa shape index (κ1) is 12.6. The first-order valence-corrected chi connectivity index (χ1v) is 6.83. The maximum Gasteiger partial charge on any atom is 0.204 e. The minimum absolute atomic E-state index is 0.449. The number of allylic oxidation sites excluding steroid dienone is 2. The zero-order chi connectivity index (χ0) is 12.6. The van der Waals surface area contributed by atoms with Gasteiger partial charge in [-0.05, 0) is 17.9 Å². The van der Waals surface area contributed by atoms with Crippen molar-refractivity contribution in [3.05, 3.63) is 53.0 Å². The molecule has 1 aliphatic heterocycles. The lowest BCUT2D eigenvalue weighted by Crippen LogP contribution is -2.06. The fourth-order valence-corrected chi connectivity index (χ4v) is 1.92. The van der Waals surface area contributed by atoms with Gasteiger partial charge < -0.3 is 4.84 Å². The molecular weight excluding hydrogens is 244 g/mol. The number of thioether (sulfide) groups is 1. The molecule has 2 rings (SSSR count). The van der Waals surface area contributed by atoms with Crippen molar-refractivity contribution in [1.82, 2.24) is 0 Å². The van der Waals surface area contributed by atoms with Gasteiger partial charge in [-0.1, -0.05) is 47.6 Å². The lowest BCUT2D eigenvalue weighted by Gasteiger charge is -2.06. The van der Waals surface area contributed by atoms with Crippen LogP contribution in [0.5, 0.6) is 0 Å². The van der Waals surface area contributed by atoms with E-state index in [9.17, 15) is 0 Å². The minimum atomic E-state index is 0.449. The van der Waals surface area contributed by atoms with Crippen LogP contribution in [0.1, 0.15) is 5.56 Å². The normalized spacial score (nSPS) is 15.6. The molecule has 1 aromatic carbocycles. The molecule has 1 aromatic rings. The van der Waals surface area contributed by atoms with Crippen LogP contribution in [0.25, 0.3) is 6.08 Å². The summed E-state index contributed by atoms with van der Waals surface area (Å²) in [7, 11) is 0. The van der Waals surface area contributed by atoms with Crippen molar-refractivity contribution in [3.8, 4) is 0 Å². The molecular formula is C14H14N2OS. The number of benzene rings is 1. The average Bonchev–Trinajstić information content (AvgIpc) is 2.46. The molecule has 0 N–H and O–H groups in total. The van der Waals surface area contributed by atoms with E-state index >= 15 is 0 Å². The lowest BCUT2D eigenvalue weighted by atomic mass is 10.2. The van der Waals surface area contributed by atoms with Gasteiger partial charge in [-0.15, -0.1) is 11.8 Å². The van der Waals surface area contributed by atoms with Crippen LogP contribution in [0.15, 0.2) is 57.5 Å². The number of hydrogen-bond donors (Lipinski definition) is 0. The molecule has 0 atom stereocenters. The van der Waals surface area contributed by atoms with Crippen LogP contribution in [0.2, 0.25) is 0 Å². The third kappa shape index (κ3) is 3.60. The Morgan fingerprint density at radius 1 is 1.33 bits per heavy atom. The highest BCUT2D eigenvalue weighted by Crippen LogP contribution is 2.16. The SMILES string of the molecule is CS/C(=C\C=C\c1ccccc1)C1=NOCC=N1. The van der Waals surface area contributed by atoms with Crippen LogP contribution in [-0.4, -0.2) is 24.9 Å². The maximum atomic E-state index is 4.99. The molecule has 0 spiro atoms. The highest BCUT2D eigenvalue weighted by Gasteiger charge is 2.06. The van der Waals surface area contributed by atoms with E-state index in [4.69, 9.17) is 4.84 Å². The highest BCUT2D eigenvalue weighted by molar-refractivity contribution is 8.03. The zero-order valence-electron chi connectivity index (χ0n) is 10.1. The summed E-state index contributed by atoms with van der Waals surface area (Å²) < 4.78 is 0. The second kappa shape index (κ2) is 6.81. The summed E-state index contributed by atoms with van der Waals surface area (Å²) in [6, 6.07) is 10.2. The number of nitrogens with zero attached hydrogens (tertiary/aromatic N) is 2. The number of amidine groups is 1. The summed E-state index contributed by atoms with van der Waals surface area (Å²) in [6.07, 6.45) is 9.74. The Labute approximate surface area is 111 Å².